The zero-order valence-corrected chi connectivity index (χ0v) is 12.4. The van der Waals surface area contributed by atoms with Crippen LogP contribution in [0, 0.1) is 0 Å². The molecular weight excluding hydrogens is 291 g/mol. The molecule has 1 saturated carbocycles. The van der Waals surface area contributed by atoms with E-state index in [-0.39, 0.29) is 0 Å². The molecule has 1 atom stereocenters. The molecule has 0 bridgehead atoms. The summed E-state index contributed by atoms with van der Waals surface area (Å²) in [5, 5.41) is 0.985. The van der Waals surface area contributed by atoms with Crippen LogP contribution in [0.4, 0.5) is 17.3 Å². The van der Waals surface area contributed by atoms with Crippen LogP contribution in [0.2, 0.25) is 0 Å². The first-order valence-corrected chi connectivity index (χ1v) is 8.02. The van der Waals surface area contributed by atoms with Crippen molar-refractivity contribution in [3.05, 3.63) is 24.3 Å². The Morgan fingerprint density at radius 1 is 1.15 bits per heavy atom. The minimum atomic E-state index is -6.00. The lowest BCUT2D eigenvalue weighted by atomic mass is 10.3. The van der Waals surface area contributed by atoms with Crippen molar-refractivity contribution in [1.29, 1.82) is 0 Å². The van der Waals surface area contributed by atoms with Crippen LogP contribution in [-0.4, -0.2) is 25.4 Å². The van der Waals surface area contributed by atoms with Gasteiger partial charge in [-0.25, -0.2) is 0 Å². The van der Waals surface area contributed by atoms with Crippen molar-refractivity contribution >= 4 is 18.1 Å². The lowest BCUT2D eigenvalue weighted by Gasteiger charge is -2.06. The highest BCUT2D eigenvalue weighted by atomic mass is 32.2. The molecule has 0 aromatic heterocycles. The maximum Gasteiger partial charge on any atom is 0.673 e. The number of methoxy groups -OCH3 is 1. The molecule has 0 N–H and O–H groups in total. The molecule has 7 heteroatoms. The van der Waals surface area contributed by atoms with Crippen LogP contribution in [0.15, 0.2) is 29.2 Å². The van der Waals surface area contributed by atoms with Crippen LogP contribution in [0.5, 0.6) is 5.75 Å². The highest BCUT2D eigenvalue weighted by Crippen LogP contribution is 2.36. The first-order chi connectivity index (χ1) is 9.35. The zero-order valence-electron chi connectivity index (χ0n) is 11.6. The molecule has 1 aromatic carbocycles. The van der Waals surface area contributed by atoms with Gasteiger partial charge < -0.3 is 22.0 Å². The van der Waals surface area contributed by atoms with Crippen LogP contribution in [0.25, 0.3) is 0 Å². The maximum atomic E-state index is 9.75. The van der Waals surface area contributed by atoms with Gasteiger partial charge >= 0.3 is 7.25 Å². The van der Waals surface area contributed by atoms with Crippen LogP contribution in [-0.2, 0) is 10.9 Å². The van der Waals surface area contributed by atoms with E-state index in [1.54, 1.807) is 7.11 Å². The molecule has 1 nitrogen and oxygen atoms in total. The molecule has 1 aliphatic carbocycles. The lowest BCUT2D eigenvalue weighted by molar-refractivity contribution is 0.368. The molecule has 114 valence electrons. The van der Waals surface area contributed by atoms with Gasteiger partial charge in [0.05, 0.1) is 7.11 Å². The standard InChI is InChI=1S/C13H19OS.BF4/c1-3-10-15(13-8-9-13)12-6-4-11(14-2)5-7-12;2-1(3,4)5/h4-7,13H,3,8-10H2,1-2H3;/q+1;-1. The fraction of sp³-hybridized carbons (Fsp3) is 0.538. The van der Waals surface area contributed by atoms with Gasteiger partial charge in [0, 0.05) is 23.7 Å². The minimum absolute atomic E-state index is 0.506. The van der Waals surface area contributed by atoms with Crippen LogP contribution in [0.3, 0.4) is 0 Å². The zero-order chi connectivity index (χ0) is 15.2. The number of ether oxygens (including phenoxy) is 1. The number of hydrogen-bond donors (Lipinski definition) is 0. The molecule has 0 saturated heterocycles. The molecule has 0 radical (unpaired) electrons. The van der Waals surface area contributed by atoms with E-state index in [4.69, 9.17) is 4.74 Å². The van der Waals surface area contributed by atoms with Crippen molar-refractivity contribution in [1.82, 2.24) is 0 Å². The smallest absolute Gasteiger partial charge is 0.497 e. The van der Waals surface area contributed by atoms with Gasteiger partial charge in [-0.05, 0) is 30.7 Å². The van der Waals surface area contributed by atoms with Crippen molar-refractivity contribution < 1.29 is 22.0 Å². The molecule has 0 spiro atoms. The minimum Gasteiger partial charge on any atom is -0.497 e. The summed E-state index contributed by atoms with van der Waals surface area (Å²) in [4.78, 5) is 1.53. The number of hydrogen-bond acceptors (Lipinski definition) is 1. The summed E-state index contributed by atoms with van der Waals surface area (Å²) in [6, 6.07) is 8.67. The molecule has 0 aliphatic heterocycles. The predicted molar refractivity (Wildman–Crippen MR) is 77.0 cm³/mol. The van der Waals surface area contributed by atoms with E-state index in [1.165, 1.54) is 29.9 Å². The summed E-state index contributed by atoms with van der Waals surface area (Å²) in [5.41, 5.74) is 0. The fourth-order valence-electron chi connectivity index (χ4n) is 1.80. The number of benzene rings is 1. The summed E-state index contributed by atoms with van der Waals surface area (Å²) in [5.74, 6) is 2.33. The first-order valence-electron chi connectivity index (χ1n) is 6.56. The Balaban J connectivity index is 0.000000347. The van der Waals surface area contributed by atoms with E-state index in [0.29, 0.717) is 10.9 Å². The van der Waals surface area contributed by atoms with Gasteiger partial charge in [-0.15, -0.1) is 0 Å². The predicted octanol–water partition coefficient (Wildman–Crippen LogP) is 4.54. The average molecular weight is 310 g/mol. The molecule has 1 aromatic rings. The van der Waals surface area contributed by atoms with Gasteiger partial charge in [-0.3, -0.25) is 0 Å². The van der Waals surface area contributed by atoms with E-state index in [0.717, 1.165) is 11.0 Å². The lowest BCUT2D eigenvalue weighted by Crippen LogP contribution is -2.12. The fourth-order valence-corrected chi connectivity index (χ4v) is 4.38. The van der Waals surface area contributed by atoms with Crippen LogP contribution in [0.1, 0.15) is 26.2 Å². The van der Waals surface area contributed by atoms with Gasteiger partial charge in [0.1, 0.15) is 16.8 Å². The molecule has 1 aliphatic rings. The summed E-state index contributed by atoms with van der Waals surface area (Å²) >= 11 is 0. The maximum absolute atomic E-state index is 9.75. The molecular formula is C13H19BF4OS. The molecule has 1 unspecified atom stereocenters. The Hall–Kier alpha value is -0.845. The Morgan fingerprint density at radius 2 is 1.65 bits per heavy atom. The van der Waals surface area contributed by atoms with Crippen molar-refractivity contribution in [2.75, 3.05) is 12.9 Å². The van der Waals surface area contributed by atoms with E-state index < -0.39 is 7.25 Å². The van der Waals surface area contributed by atoms with E-state index in [9.17, 15) is 17.3 Å². The molecule has 0 amide bonds. The topological polar surface area (TPSA) is 9.23 Å². The average Bonchev–Trinajstić information content (AvgIpc) is 3.18. The van der Waals surface area contributed by atoms with Gasteiger partial charge in [0.15, 0.2) is 4.90 Å². The Labute approximate surface area is 120 Å². The Kier molecular flexibility index (Phi) is 6.72. The van der Waals surface area contributed by atoms with Crippen molar-refractivity contribution in [2.45, 2.75) is 36.3 Å². The van der Waals surface area contributed by atoms with Gasteiger partial charge in [-0.1, -0.05) is 6.92 Å². The largest absolute Gasteiger partial charge is 0.673 e. The molecule has 0 heterocycles. The SMILES string of the molecule is CCC[S+](c1ccc(OC)cc1)C1CC1.F[B-](F)(F)F. The second-order valence-corrected chi connectivity index (χ2v) is 6.91. The van der Waals surface area contributed by atoms with Crippen LogP contribution >= 0.6 is 0 Å². The Bertz CT molecular complexity index is 386. The van der Waals surface area contributed by atoms with Gasteiger partial charge in [0.2, 0.25) is 0 Å². The third-order valence-corrected chi connectivity index (χ3v) is 5.71. The van der Waals surface area contributed by atoms with Crippen LogP contribution < -0.4 is 4.74 Å². The molecule has 1 fully saturated rings. The van der Waals surface area contributed by atoms with Crippen molar-refractivity contribution in [3.63, 3.8) is 0 Å². The number of halogens is 4. The Morgan fingerprint density at radius 3 is 2.00 bits per heavy atom. The van der Waals surface area contributed by atoms with Gasteiger partial charge in [0.25, 0.3) is 0 Å². The van der Waals surface area contributed by atoms with Gasteiger partial charge in [-0.2, -0.15) is 0 Å². The van der Waals surface area contributed by atoms with E-state index in [2.05, 4.69) is 31.2 Å². The summed E-state index contributed by atoms with van der Waals surface area (Å²) in [6.45, 7) is 2.28. The summed E-state index contributed by atoms with van der Waals surface area (Å²) in [7, 11) is -3.77. The summed E-state index contributed by atoms with van der Waals surface area (Å²) in [6.07, 6.45) is 4.18. The van der Waals surface area contributed by atoms with Crippen molar-refractivity contribution in [2.24, 2.45) is 0 Å². The highest BCUT2D eigenvalue weighted by Gasteiger charge is 2.41. The molecule has 20 heavy (non-hydrogen) atoms. The van der Waals surface area contributed by atoms with E-state index in [1.807, 2.05) is 0 Å². The second-order valence-electron chi connectivity index (χ2n) is 4.50. The molecule has 2 rings (SSSR count). The highest BCUT2D eigenvalue weighted by molar-refractivity contribution is 7.97. The normalized spacial score (nSPS) is 16.1. The first kappa shape index (κ1) is 17.2. The van der Waals surface area contributed by atoms with Crippen molar-refractivity contribution in [3.8, 4) is 5.75 Å². The third kappa shape index (κ3) is 7.08. The van der Waals surface area contributed by atoms with E-state index >= 15 is 0 Å². The monoisotopic (exact) mass is 310 g/mol. The quantitative estimate of drug-likeness (QED) is 0.440. The third-order valence-electron chi connectivity index (χ3n) is 2.71. The number of rotatable bonds is 5. The second kappa shape index (κ2) is 7.81. The summed E-state index contributed by atoms with van der Waals surface area (Å²) < 4.78 is 44.2.